The molecular weight excluding hydrogens is 140 g/mol. The predicted octanol–water partition coefficient (Wildman–Crippen LogP) is 1.11. The van der Waals surface area contributed by atoms with Gasteiger partial charge in [0.05, 0.1) is 0 Å². The number of aromatic amines is 1. The predicted molar refractivity (Wildman–Crippen MR) is 43.2 cm³/mol. The Kier molecular flexibility index (Phi) is 3.69. The Morgan fingerprint density at radius 1 is 1.36 bits per heavy atom. The number of nitrogens with zero attached hydrogens (tertiary/aromatic N) is 1. The van der Waals surface area contributed by atoms with Crippen LogP contribution in [0.3, 0.4) is 0 Å². The van der Waals surface area contributed by atoms with Gasteiger partial charge >= 0.3 is 0 Å². The highest BCUT2D eigenvalue weighted by Gasteiger charge is 1.92. The number of aryl methyl sites for hydroxylation is 1. The molecule has 1 rings (SSSR count). The molecule has 0 atom stereocenters. The molecule has 0 radical (unpaired) electrons. The number of hydrogen-bond acceptors (Lipinski definition) is 2. The normalized spacial score (nSPS) is 10.3. The van der Waals surface area contributed by atoms with E-state index in [1.165, 1.54) is 5.69 Å². The van der Waals surface area contributed by atoms with Crippen LogP contribution in [0.15, 0.2) is 12.3 Å². The third kappa shape index (κ3) is 3.18. The van der Waals surface area contributed by atoms with Gasteiger partial charge in [-0.3, -0.25) is 5.10 Å². The first-order valence-corrected chi connectivity index (χ1v) is 4.02. The van der Waals surface area contributed by atoms with E-state index in [4.69, 9.17) is 5.11 Å². The summed E-state index contributed by atoms with van der Waals surface area (Å²) in [7, 11) is 0. The van der Waals surface area contributed by atoms with Crippen molar-refractivity contribution in [1.82, 2.24) is 10.2 Å². The summed E-state index contributed by atoms with van der Waals surface area (Å²) in [5.41, 5.74) is 1.18. The SMILES string of the molecule is OCCCCCc1ccn[nH]1. The van der Waals surface area contributed by atoms with Gasteiger partial charge in [0.2, 0.25) is 0 Å². The zero-order valence-corrected chi connectivity index (χ0v) is 6.58. The summed E-state index contributed by atoms with van der Waals surface area (Å²) in [6, 6.07) is 1.99. The zero-order valence-electron chi connectivity index (χ0n) is 6.58. The Morgan fingerprint density at radius 3 is 2.91 bits per heavy atom. The topological polar surface area (TPSA) is 48.9 Å². The van der Waals surface area contributed by atoms with Crippen molar-refractivity contribution in [2.45, 2.75) is 25.7 Å². The van der Waals surface area contributed by atoms with Crippen LogP contribution in [-0.2, 0) is 6.42 Å². The maximum absolute atomic E-state index is 8.50. The van der Waals surface area contributed by atoms with Crippen LogP contribution in [0.25, 0.3) is 0 Å². The molecule has 11 heavy (non-hydrogen) atoms. The summed E-state index contributed by atoms with van der Waals surface area (Å²) in [5.74, 6) is 0. The van der Waals surface area contributed by atoms with Gasteiger partial charge in [-0.1, -0.05) is 6.42 Å². The Labute approximate surface area is 66.4 Å². The Hall–Kier alpha value is -0.830. The van der Waals surface area contributed by atoms with Crippen LogP contribution in [-0.4, -0.2) is 21.9 Å². The van der Waals surface area contributed by atoms with Gasteiger partial charge < -0.3 is 5.11 Å². The van der Waals surface area contributed by atoms with E-state index in [0.29, 0.717) is 6.61 Å². The highest BCUT2D eigenvalue weighted by molar-refractivity contribution is 4.96. The number of hydrogen-bond donors (Lipinski definition) is 2. The standard InChI is InChI=1S/C8H14N2O/c11-7-3-1-2-4-8-5-6-9-10-8/h5-6,11H,1-4,7H2,(H,9,10). The molecule has 0 aromatic carbocycles. The number of aliphatic hydroxyl groups excluding tert-OH is 1. The monoisotopic (exact) mass is 154 g/mol. The third-order valence-electron chi connectivity index (χ3n) is 1.66. The Balaban J connectivity index is 2.04. The molecule has 0 amide bonds. The van der Waals surface area contributed by atoms with E-state index in [-0.39, 0.29) is 0 Å². The fourth-order valence-electron chi connectivity index (χ4n) is 1.03. The number of aromatic nitrogens is 2. The second-order valence-electron chi connectivity index (χ2n) is 2.62. The van der Waals surface area contributed by atoms with Crippen LogP contribution in [0.1, 0.15) is 25.0 Å². The van der Waals surface area contributed by atoms with Crippen molar-refractivity contribution in [1.29, 1.82) is 0 Å². The van der Waals surface area contributed by atoms with E-state index in [0.717, 1.165) is 25.7 Å². The lowest BCUT2D eigenvalue weighted by Crippen LogP contribution is -1.88. The lowest BCUT2D eigenvalue weighted by atomic mass is 10.1. The van der Waals surface area contributed by atoms with Gasteiger partial charge in [-0.2, -0.15) is 5.10 Å². The molecule has 0 bridgehead atoms. The molecule has 0 aliphatic heterocycles. The second-order valence-corrected chi connectivity index (χ2v) is 2.62. The summed E-state index contributed by atoms with van der Waals surface area (Å²) in [6.45, 7) is 0.309. The Morgan fingerprint density at radius 2 is 2.27 bits per heavy atom. The highest BCUT2D eigenvalue weighted by atomic mass is 16.2. The zero-order chi connectivity index (χ0) is 7.94. The van der Waals surface area contributed by atoms with Crippen LogP contribution < -0.4 is 0 Å². The molecule has 0 saturated carbocycles. The van der Waals surface area contributed by atoms with Crippen molar-refractivity contribution in [3.63, 3.8) is 0 Å². The van der Waals surface area contributed by atoms with Crippen molar-refractivity contribution in [3.8, 4) is 0 Å². The quantitative estimate of drug-likeness (QED) is 0.624. The maximum atomic E-state index is 8.50. The molecule has 62 valence electrons. The number of aliphatic hydroxyl groups is 1. The highest BCUT2D eigenvalue weighted by Crippen LogP contribution is 2.01. The number of nitrogens with one attached hydrogen (secondary N) is 1. The van der Waals surface area contributed by atoms with Gasteiger partial charge in [0.25, 0.3) is 0 Å². The molecule has 3 nitrogen and oxygen atoms in total. The summed E-state index contributed by atoms with van der Waals surface area (Å²) in [5, 5.41) is 15.3. The number of unbranched alkanes of at least 4 members (excludes halogenated alkanes) is 2. The molecule has 0 spiro atoms. The number of rotatable bonds is 5. The molecule has 0 fully saturated rings. The molecule has 3 heteroatoms. The first-order chi connectivity index (χ1) is 5.43. The van der Waals surface area contributed by atoms with Gasteiger partial charge in [-0.25, -0.2) is 0 Å². The maximum Gasteiger partial charge on any atom is 0.0490 e. The van der Waals surface area contributed by atoms with Crippen LogP contribution >= 0.6 is 0 Å². The second kappa shape index (κ2) is 4.91. The average Bonchev–Trinajstić information content (AvgIpc) is 2.50. The van der Waals surface area contributed by atoms with Crippen LogP contribution in [0, 0.1) is 0 Å². The smallest absolute Gasteiger partial charge is 0.0490 e. The van der Waals surface area contributed by atoms with Gasteiger partial charge in [0.1, 0.15) is 0 Å². The Bertz CT molecular complexity index is 172. The minimum absolute atomic E-state index is 0.309. The van der Waals surface area contributed by atoms with Crippen LogP contribution in [0.4, 0.5) is 0 Å². The molecule has 0 unspecified atom stereocenters. The third-order valence-corrected chi connectivity index (χ3v) is 1.66. The van der Waals surface area contributed by atoms with E-state index in [1.54, 1.807) is 6.20 Å². The van der Waals surface area contributed by atoms with E-state index < -0.39 is 0 Å². The molecule has 2 N–H and O–H groups in total. The van der Waals surface area contributed by atoms with Crippen molar-refractivity contribution in [2.75, 3.05) is 6.61 Å². The van der Waals surface area contributed by atoms with E-state index in [2.05, 4.69) is 10.2 Å². The average molecular weight is 154 g/mol. The minimum atomic E-state index is 0.309. The molecular formula is C8H14N2O. The largest absolute Gasteiger partial charge is 0.396 e. The van der Waals surface area contributed by atoms with Gasteiger partial charge in [0, 0.05) is 18.5 Å². The van der Waals surface area contributed by atoms with Crippen molar-refractivity contribution < 1.29 is 5.11 Å². The van der Waals surface area contributed by atoms with Gasteiger partial charge in [0.15, 0.2) is 0 Å². The first-order valence-electron chi connectivity index (χ1n) is 4.02. The first kappa shape index (κ1) is 8.27. The lowest BCUT2D eigenvalue weighted by Gasteiger charge is -1.95. The summed E-state index contributed by atoms with van der Waals surface area (Å²) in [4.78, 5) is 0. The molecule has 0 saturated heterocycles. The number of H-pyrrole nitrogens is 1. The fraction of sp³-hybridized carbons (Fsp3) is 0.625. The van der Waals surface area contributed by atoms with Gasteiger partial charge in [-0.15, -0.1) is 0 Å². The van der Waals surface area contributed by atoms with E-state index >= 15 is 0 Å². The molecule has 1 aromatic heterocycles. The fourth-order valence-corrected chi connectivity index (χ4v) is 1.03. The summed E-state index contributed by atoms with van der Waals surface area (Å²) < 4.78 is 0. The summed E-state index contributed by atoms with van der Waals surface area (Å²) >= 11 is 0. The molecule has 0 aliphatic carbocycles. The van der Waals surface area contributed by atoms with Crippen LogP contribution in [0.5, 0.6) is 0 Å². The summed E-state index contributed by atoms with van der Waals surface area (Å²) in [6.07, 6.45) is 5.94. The molecule has 1 aromatic rings. The molecule has 0 aliphatic rings. The van der Waals surface area contributed by atoms with Gasteiger partial charge in [-0.05, 0) is 25.3 Å². The van der Waals surface area contributed by atoms with Crippen molar-refractivity contribution in [3.05, 3.63) is 18.0 Å². The van der Waals surface area contributed by atoms with Crippen molar-refractivity contribution >= 4 is 0 Å². The molecule has 1 heterocycles. The lowest BCUT2D eigenvalue weighted by molar-refractivity contribution is 0.283. The van der Waals surface area contributed by atoms with Crippen molar-refractivity contribution in [2.24, 2.45) is 0 Å². The van der Waals surface area contributed by atoms with Crippen LogP contribution in [0.2, 0.25) is 0 Å². The van der Waals surface area contributed by atoms with E-state index in [9.17, 15) is 0 Å². The van der Waals surface area contributed by atoms with E-state index in [1.807, 2.05) is 6.07 Å². The minimum Gasteiger partial charge on any atom is -0.396 e.